The van der Waals surface area contributed by atoms with Gasteiger partial charge < -0.3 is 5.32 Å². The normalized spacial score (nSPS) is 22.9. The van der Waals surface area contributed by atoms with E-state index in [1.165, 1.54) is 6.07 Å². The summed E-state index contributed by atoms with van der Waals surface area (Å²) in [6.45, 7) is 0. The van der Waals surface area contributed by atoms with Gasteiger partial charge in [-0.2, -0.15) is 0 Å². The average Bonchev–Trinajstić information content (AvgIpc) is 2.72. The van der Waals surface area contributed by atoms with Crippen molar-refractivity contribution in [3.8, 4) is 0 Å². The predicted molar refractivity (Wildman–Crippen MR) is 79.3 cm³/mol. The first kappa shape index (κ1) is 15.7. The van der Waals surface area contributed by atoms with Gasteiger partial charge in [0.15, 0.2) is 9.84 Å². The summed E-state index contributed by atoms with van der Waals surface area (Å²) >= 11 is 6.03. The first-order valence-corrected chi connectivity index (χ1v) is 8.92. The van der Waals surface area contributed by atoms with Gasteiger partial charge in [-0.3, -0.25) is 0 Å². The third kappa shape index (κ3) is 3.93. The Balaban J connectivity index is 2.03. The minimum atomic E-state index is -2.87. The maximum atomic E-state index is 13.8. The summed E-state index contributed by atoms with van der Waals surface area (Å²) in [5.41, 5.74) is 0.495. The molecule has 0 bridgehead atoms. The molecule has 20 heavy (non-hydrogen) atoms. The molecule has 1 N–H and O–H groups in total. The van der Waals surface area contributed by atoms with E-state index in [9.17, 15) is 12.8 Å². The molecule has 1 aromatic carbocycles. The molecule has 1 saturated heterocycles. The fourth-order valence-corrected chi connectivity index (χ4v) is 4.86. The Kier molecular flexibility index (Phi) is 5.04. The van der Waals surface area contributed by atoms with Crippen molar-refractivity contribution >= 4 is 21.4 Å². The number of likely N-dealkylation sites (N-methyl/N-ethyl adjacent to an activating group) is 1. The molecule has 1 aromatic rings. The summed E-state index contributed by atoms with van der Waals surface area (Å²) in [6, 6.07) is 4.68. The number of benzene rings is 1. The van der Waals surface area contributed by atoms with Gasteiger partial charge in [-0.1, -0.05) is 17.7 Å². The maximum absolute atomic E-state index is 13.8. The highest BCUT2D eigenvalue weighted by molar-refractivity contribution is 7.91. The lowest BCUT2D eigenvalue weighted by molar-refractivity contribution is 0.419. The molecule has 2 atom stereocenters. The lowest BCUT2D eigenvalue weighted by Gasteiger charge is -2.20. The number of rotatable bonds is 5. The van der Waals surface area contributed by atoms with Crippen molar-refractivity contribution in [3.05, 3.63) is 34.6 Å². The van der Waals surface area contributed by atoms with Crippen molar-refractivity contribution in [3.63, 3.8) is 0 Å². The van der Waals surface area contributed by atoms with E-state index in [4.69, 9.17) is 11.6 Å². The Labute approximate surface area is 124 Å². The molecule has 3 nitrogen and oxygen atoms in total. The third-order valence-electron chi connectivity index (χ3n) is 3.87. The van der Waals surface area contributed by atoms with Crippen LogP contribution in [0.15, 0.2) is 18.2 Å². The van der Waals surface area contributed by atoms with Crippen LogP contribution in [0.4, 0.5) is 4.39 Å². The zero-order chi connectivity index (χ0) is 14.8. The molecule has 1 fully saturated rings. The first-order chi connectivity index (χ1) is 9.41. The zero-order valence-electron chi connectivity index (χ0n) is 11.4. The Morgan fingerprint density at radius 3 is 2.80 bits per heavy atom. The molecule has 1 aliphatic rings. The fourth-order valence-electron chi connectivity index (χ4n) is 2.74. The van der Waals surface area contributed by atoms with E-state index in [0.717, 1.165) is 6.42 Å². The van der Waals surface area contributed by atoms with Gasteiger partial charge in [-0.25, -0.2) is 12.8 Å². The highest BCUT2D eigenvalue weighted by Crippen LogP contribution is 2.26. The van der Waals surface area contributed by atoms with Crippen molar-refractivity contribution in [1.29, 1.82) is 0 Å². The van der Waals surface area contributed by atoms with E-state index >= 15 is 0 Å². The Morgan fingerprint density at radius 1 is 1.50 bits per heavy atom. The van der Waals surface area contributed by atoms with Crippen molar-refractivity contribution in [2.75, 3.05) is 18.6 Å². The topological polar surface area (TPSA) is 46.2 Å². The zero-order valence-corrected chi connectivity index (χ0v) is 13.0. The minimum absolute atomic E-state index is 0.0303. The maximum Gasteiger partial charge on any atom is 0.150 e. The molecule has 6 heteroatoms. The molecule has 0 aromatic heterocycles. The molecule has 112 valence electrons. The number of sulfone groups is 1. The monoisotopic (exact) mass is 319 g/mol. The van der Waals surface area contributed by atoms with Crippen molar-refractivity contribution in [2.24, 2.45) is 5.92 Å². The highest BCUT2D eigenvalue weighted by Gasteiger charge is 2.29. The van der Waals surface area contributed by atoms with E-state index in [-0.39, 0.29) is 29.3 Å². The Bertz CT molecular complexity index is 556. The number of nitrogens with one attached hydrogen (secondary N) is 1. The summed E-state index contributed by atoms with van der Waals surface area (Å²) < 4.78 is 36.7. The van der Waals surface area contributed by atoms with E-state index in [1.54, 1.807) is 12.1 Å². The Hall–Kier alpha value is -0.650. The van der Waals surface area contributed by atoms with E-state index in [1.807, 2.05) is 7.05 Å². The molecule has 1 aliphatic heterocycles. The number of hydrogen-bond acceptors (Lipinski definition) is 3. The summed E-state index contributed by atoms with van der Waals surface area (Å²) in [5, 5.41) is 3.56. The van der Waals surface area contributed by atoms with E-state index < -0.39 is 9.84 Å². The van der Waals surface area contributed by atoms with Crippen LogP contribution in [0.25, 0.3) is 0 Å². The molecule has 0 radical (unpaired) electrons. The van der Waals surface area contributed by atoms with Gasteiger partial charge in [0, 0.05) is 16.6 Å². The second kappa shape index (κ2) is 6.41. The molecule has 0 amide bonds. The average molecular weight is 320 g/mol. The quantitative estimate of drug-likeness (QED) is 0.906. The van der Waals surface area contributed by atoms with Gasteiger partial charge in [0.2, 0.25) is 0 Å². The van der Waals surface area contributed by atoms with Crippen molar-refractivity contribution < 1.29 is 12.8 Å². The van der Waals surface area contributed by atoms with Gasteiger partial charge in [0.25, 0.3) is 0 Å². The molecule has 0 spiro atoms. The third-order valence-corrected chi connectivity index (χ3v) is 6.06. The van der Waals surface area contributed by atoms with Gasteiger partial charge in [0.05, 0.1) is 11.5 Å². The van der Waals surface area contributed by atoms with Crippen LogP contribution in [0, 0.1) is 11.7 Å². The first-order valence-electron chi connectivity index (χ1n) is 6.72. The van der Waals surface area contributed by atoms with Crippen LogP contribution in [0.3, 0.4) is 0 Å². The molecular weight excluding hydrogens is 301 g/mol. The number of hydrogen-bond donors (Lipinski definition) is 1. The summed E-state index contributed by atoms with van der Waals surface area (Å²) in [6.07, 6.45) is 1.89. The predicted octanol–water partition coefficient (Wildman–Crippen LogP) is 2.43. The fraction of sp³-hybridized carbons (Fsp3) is 0.571. The van der Waals surface area contributed by atoms with Crippen LogP contribution in [0.2, 0.25) is 5.02 Å². The second-order valence-electron chi connectivity index (χ2n) is 5.39. The lowest BCUT2D eigenvalue weighted by Crippen LogP contribution is -2.31. The standard InChI is InChI=1S/C14H19ClFNO2S/c1-17-11(7-10-5-6-20(18,19)9-10)8-12-13(15)3-2-4-14(12)16/h2-4,10-11,17H,5-9H2,1H3. The van der Waals surface area contributed by atoms with Crippen LogP contribution in [-0.2, 0) is 16.3 Å². The van der Waals surface area contributed by atoms with Crippen LogP contribution in [0.1, 0.15) is 18.4 Å². The molecule has 1 heterocycles. The SMILES string of the molecule is CNC(Cc1c(F)cccc1Cl)CC1CCS(=O)(=O)C1. The van der Waals surface area contributed by atoms with Gasteiger partial charge in [-0.05, 0) is 44.4 Å². The van der Waals surface area contributed by atoms with Crippen LogP contribution in [-0.4, -0.2) is 33.0 Å². The minimum Gasteiger partial charge on any atom is -0.317 e. The molecule has 0 saturated carbocycles. The number of halogens is 2. The van der Waals surface area contributed by atoms with Crippen LogP contribution in [0.5, 0.6) is 0 Å². The van der Waals surface area contributed by atoms with E-state index in [0.29, 0.717) is 23.4 Å². The lowest BCUT2D eigenvalue weighted by atomic mass is 9.94. The van der Waals surface area contributed by atoms with Crippen LogP contribution >= 0.6 is 11.6 Å². The summed E-state index contributed by atoms with van der Waals surface area (Å²) in [4.78, 5) is 0. The largest absolute Gasteiger partial charge is 0.317 e. The summed E-state index contributed by atoms with van der Waals surface area (Å²) in [5.74, 6) is 0.366. The smallest absolute Gasteiger partial charge is 0.150 e. The molecule has 0 aliphatic carbocycles. The highest BCUT2D eigenvalue weighted by atomic mass is 35.5. The van der Waals surface area contributed by atoms with Crippen molar-refractivity contribution in [2.45, 2.75) is 25.3 Å². The van der Waals surface area contributed by atoms with Crippen molar-refractivity contribution in [1.82, 2.24) is 5.32 Å². The molecular formula is C14H19ClFNO2S. The van der Waals surface area contributed by atoms with Gasteiger partial charge in [-0.15, -0.1) is 0 Å². The second-order valence-corrected chi connectivity index (χ2v) is 8.03. The molecule has 2 rings (SSSR count). The van der Waals surface area contributed by atoms with Gasteiger partial charge in [0.1, 0.15) is 5.82 Å². The van der Waals surface area contributed by atoms with Gasteiger partial charge >= 0.3 is 0 Å². The van der Waals surface area contributed by atoms with E-state index in [2.05, 4.69) is 5.32 Å². The Morgan fingerprint density at radius 2 is 2.25 bits per heavy atom. The molecule has 2 unspecified atom stereocenters. The van der Waals surface area contributed by atoms with Crippen LogP contribution < -0.4 is 5.32 Å². The summed E-state index contributed by atoms with van der Waals surface area (Å²) in [7, 11) is -1.06.